The maximum atomic E-state index is 11.9. The summed E-state index contributed by atoms with van der Waals surface area (Å²) < 4.78 is 5.15. The van der Waals surface area contributed by atoms with Gasteiger partial charge in [0.2, 0.25) is 5.91 Å². The summed E-state index contributed by atoms with van der Waals surface area (Å²) in [6.45, 7) is 0.565. The molecule has 5 heteroatoms. The normalized spacial score (nSPS) is 17.4. The lowest BCUT2D eigenvalue weighted by Crippen LogP contribution is -2.61. The van der Waals surface area contributed by atoms with Crippen LogP contribution in [0.1, 0.15) is 12.8 Å². The highest BCUT2D eigenvalue weighted by molar-refractivity contribution is 5.86. The van der Waals surface area contributed by atoms with E-state index in [-0.39, 0.29) is 5.91 Å². The Labute approximate surface area is 120 Å². The molecule has 1 aromatic carbocycles. The van der Waals surface area contributed by atoms with E-state index in [9.17, 15) is 4.79 Å². The van der Waals surface area contributed by atoms with Gasteiger partial charge in [-0.2, -0.15) is 0 Å². The first-order valence-electron chi connectivity index (χ1n) is 6.87. The number of hydrogen-bond donors (Lipinski definition) is 2. The van der Waals surface area contributed by atoms with Crippen LogP contribution in [0.4, 0.5) is 5.69 Å². The van der Waals surface area contributed by atoms with Gasteiger partial charge in [-0.1, -0.05) is 0 Å². The minimum absolute atomic E-state index is 0.275. The second-order valence-corrected chi connectivity index (χ2v) is 5.41. The fourth-order valence-electron chi connectivity index (χ4n) is 2.69. The molecule has 20 heavy (non-hydrogen) atoms. The van der Waals surface area contributed by atoms with E-state index < -0.39 is 5.54 Å². The molecule has 3 N–H and O–H groups in total. The first-order valence-corrected chi connectivity index (χ1v) is 6.87. The number of amides is 1. The van der Waals surface area contributed by atoms with Gasteiger partial charge < -0.3 is 20.7 Å². The largest absolute Gasteiger partial charge is 0.497 e. The molecule has 1 aliphatic rings. The van der Waals surface area contributed by atoms with E-state index in [1.54, 1.807) is 7.11 Å². The Morgan fingerprint density at radius 1 is 1.45 bits per heavy atom. The van der Waals surface area contributed by atoms with Gasteiger partial charge in [-0.25, -0.2) is 0 Å². The number of carbonyl (C=O) groups is 1. The van der Waals surface area contributed by atoms with E-state index in [0.29, 0.717) is 12.5 Å². The van der Waals surface area contributed by atoms with Crippen LogP contribution in [0.25, 0.3) is 0 Å². The average molecular weight is 277 g/mol. The van der Waals surface area contributed by atoms with Gasteiger partial charge in [0.15, 0.2) is 0 Å². The Kier molecular flexibility index (Phi) is 4.18. The van der Waals surface area contributed by atoms with Crippen molar-refractivity contribution in [1.29, 1.82) is 0 Å². The molecule has 1 fully saturated rings. The maximum absolute atomic E-state index is 11.9. The minimum Gasteiger partial charge on any atom is -0.497 e. The van der Waals surface area contributed by atoms with Crippen LogP contribution < -0.4 is 20.7 Å². The van der Waals surface area contributed by atoms with Crippen LogP contribution in [0, 0.1) is 5.92 Å². The molecule has 110 valence electrons. The van der Waals surface area contributed by atoms with Crippen molar-refractivity contribution in [2.45, 2.75) is 18.4 Å². The van der Waals surface area contributed by atoms with Gasteiger partial charge in [0.05, 0.1) is 7.11 Å². The molecule has 0 spiro atoms. The van der Waals surface area contributed by atoms with Gasteiger partial charge in [0.1, 0.15) is 11.3 Å². The van der Waals surface area contributed by atoms with Gasteiger partial charge in [0.25, 0.3) is 0 Å². The van der Waals surface area contributed by atoms with Crippen LogP contribution in [-0.2, 0) is 4.79 Å². The van der Waals surface area contributed by atoms with Crippen LogP contribution in [0.15, 0.2) is 24.3 Å². The Hall–Kier alpha value is -1.75. The van der Waals surface area contributed by atoms with Crippen molar-refractivity contribution in [2.75, 3.05) is 32.6 Å². The molecule has 1 unspecified atom stereocenters. The zero-order chi connectivity index (χ0) is 14.8. The van der Waals surface area contributed by atoms with Crippen LogP contribution in [-0.4, -0.2) is 39.2 Å². The van der Waals surface area contributed by atoms with Gasteiger partial charge in [-0.05, 0) is 50.1 Å². The van der Waals surface area contributed by atoms with E-state index >= 15 is 0 Å². The Balaban J connectivity index is 2.15. The van der Waals surface area contributed by atoms with Gasteiger partial charge in [0, 0.05) is 19.3 Å². The van der Waals surface area contributed by atoms with Crippen LogP contribution in [0.5, 0.6) is 5.75 Å². The summed E-state index contributed by atoms with van der Waals surface area (Å²) in [4.78, 5) is 14.0. The van der Waals surface area contributed by atoms with Crippen molar-refractivity contribution >= 4 is 11.6 Å². The Morgan fingerprint density at radius 2 is 2.05 bits per heavy atom. The number of nitrogens with zero attached hydrogens (tertiary/aromatic N) is 1. The fourth-order valence-corrected chi connectivity index (χ4v) is 2.69. The number of nitrogens with two attached hydrogens (primary N) is 1. The summed E-state index contributed by atoms with van der Waals surface area (Å²) in [5, 5.41) is 3.16. The second kappa shape index (κ2) is 5.71. The van der Waals surface area contributed by atoms with Crippen LogP contribution in [0.2, 0.25) is 0 Å². The molecule has 0 heterocycles. The third kappa shape index (κ3) is 2.72. The molecule has 1 amide bonds. The van der Waals surface area contributed by atoms with Crippen LogP contribution in [0.3, 0.4) is 0 Å². The summed E-state index contributed by atoms with van der Waals surface area (Å²) in [6, 6.07) is 7.78. The summed E-state index contributed by atoms with van der Waals surface area (Å²) in [7, 11) is 5.43. The van der Waals surface area contributed by atoms with E-state index in [1.165, 1.54) is 0 Å². The molecule has 0 saturated heterocycles. The molecular formula is C15H23N3O2. The van der Waals surface area contributed by atoms with Crippen molar-refractivity contribution in [2.24, 2.45) is 11.7 Å². The Bertz CT molecular complexity index is 471. The molecular weight excluding hydrogens is 254 g/mol. The SMILES string of the molecule is CNC(CN(C)c1ccc(OC)cc1)(C(N)=O)C1CC1. The number of nitrogens with one attached hydrogen (secondary N) is 1. The molecule has 0 aromatic heterocycles. The lowest BCUT2D eigenvalue weighted by molar-refractivity contribution is -0.124. The third-order valence-electron chi connectivity index (χ3n) is 4.16. The molecule has 1 saturated carbocycles. The van der Waals surface area contributed by atoms with E-state index in [4.69, 9.17) is 10.5 Å². The average Bonchev–Trinajstić information content (AvgIpc) is 3.29. The monoisotopic (exact) mass is 277 g/mol. The van der Waals surface area contributed by atoms with E-state index in [0.717, 1.165) is 24.3 Å². The van der Waals surface area contributed by atoms with Crippen molar-refractivity contribution < 1.29 is 9.53 Å². The van der Waals surface area contributed by atoms with Gasteiger partial charge in [-0.15, -0.1) is 0 Å². The van der Waals surface area contributed by atoms with Crippen LogP contribution >= 0.6 is 0 Å². The number of hydrogen-bond acceptors (Lipinski definition) is 4. The maximum Gasteiger partial charge on any atom is 0.239 e. The number of anilines is 1. The first-order chi connectivity index (χ1) is 9.53. The summed E-state index contributed by atoms with van der Waals surface area (Å²) in [5.74, 6) is 0.882. The summed E-state index contributed by atoms with van der Waals surface area (Å²) in [5.41, 5.74) is 6.04. The predicted octanol–water partition coefficient (Wildman–Crippen LogP) is 0.985. The summed E-state index contributed by atoms with van der Waals surface area (Å²) >= 11 is 0. The fraction of sp³-hybridized carbons (Fsp3) is 0.533. The van der Waals surface area contributed by atoms with Crippen molar-refractivity contribution in [3.05, 3.63) is 24.3 Å². The topological polar surface area (TPSA) is 67.6 Å². The molecule has 0 bridgehead atoms. The zero-order valence-corrected chi connectivity index (χ0v) is 12.3. The van der Waals surface area contributed by atoms with E-state index in [1.807, 2.05) is 38.4 Å². The number of likely N-dealkylation sites (N-methyl/N-ethyl adjacent to an activating group) is 2. The molecule has 0 radical (unpaired) electrons. The standard InChI is InChI=1S/C15H23N3O2/c1-17-15(14(16)19,11-4-5-11)10-18(2)12-6-8-13(20-3)9-7-12/h6-9,11,17H,4-5,10H2,1-3H3,(H2,16,19). The van der Waals surface area contributed by atoms with Crippen molar-refractivity contribution in [1.82, 2.24) is 5.32 Å². The summed E-state index contributed by atoms with van der Waals surface area (Å²) in [6.07, 6.45) is 2.11. The number of carbonyl (C=O) groups excluding carboxylic acids is 1. The molecule has 5 nitrogen and oxygen atoms in total. The highest BCUT2D eigenvalue weighted by atomic mass is 16.5. The number of rotatable bonds is 7. The molecule has 1 aliphatic carbocycles. The molecule has 2 rings (SSSR count). The number of ether oxygens (including phenoxy) is 1. The zero-order valence-electron chi connectivity index (χ0n) is 12.3. The second-order valence-electron chi connectivity index (χ2n) is 5.41. The van der Waals surface area contributed by atoms with Crippen molar-refractivity contribution in [3.63, 3.8) is 0 Å². The van der Waals surface area contributed by atoms with Gasteiger partial charge in [-0.3, -0.25) is 4.79 Å². The number of benzene rings is 1. The molecule has 1 atom stereocenters. The molecule has 0 aliphatic heterocycles. The first kappa shape index (κ1) is 14.7. The highest BCUT2D eigenvalue weighted by Gasteiger charge is 2.49. The highest BCUT2D eigenvalue weighted by Crippen LogP contribution is 2.40. The predicted molar refractivity (Wildman–Crippen MR) is 80.0 cm³/mol. The lowest BCUT2D eigenvalue weighted by Gasteiger charge is -2.35. The number of primary amides is 1. The third-order valence-corrected chi connectivity index (χ3v) is 4.16. The van der Waals surface area contributed by atoms with Gasteiger partial charge >= 0.3 is 0 Å². The Morgan fingerprint density at radius 3 is 2.45 bits per heavy atom. The minimum atomic E-state index is -0.644. The number of methoxy groups -OCH3 is 1. The quantitative estimate of drug-likeness (QED) is 0.780. The van der Waals surface area contributed by atoms with E-state index in [2.05, 4.69) is 10.2 Å². The molecule has 1 aromatic rings. The van der Waals surface area contributed by atoms with Crippen molar-refractivity contribution in [3.8, 4) is 5.75 Å². The smallest absolute Gasteiger partial charge is 0.239 e. The lowest BCUT2D eigenvalue weighted by atomic mass is 9.91.